The Labute approximate surface area is 91.0 Å². The molecule has 1 aromatic carbocycles. The molecule has 16 heavy (non-hydrogen) atoms. The Morgan fingerprint density at radius 3 is 2.44 bits per heavy atom. The molecule has 1 aromatic rings. The molecule has 0 aliphatic carbocycles. The number of aryl methyl sites for hydroxylation is 1. The van der Waals surface area contributed by atoms with Crippen LogP contribution in [-0.4, -0.2) is 13.8 Å². The zero-order valence-electron chi connectivity index (χ0n) is 8.77. The fraction of sp³-hybridized carbons (Fsp3) is 0.455. The molecule has 0 N–H and O–H groups in total. The second kappa shape index (κ2) is 5.18. The molecule has 0 saturated heterocycles. The Morgan fingerprint density at radius 1 is 1.25 bits per heavy atom. The van der Waals surface area contributed by atoms with Crippen LogP contribution in [0.5, 0.6) is 5.75 Å². The largest absolute Gasteiger partial charge is 0.496 e. The van der Waals surface area contributed by atoms with E-state index in [0.717, 1.165) is 12.1 Å². The van der Waals surface area contributed by atoms with Crippen LogP contribution in [0.1, 0.15) is 17.5 Å². The highest BCUT2D eigenvalue weighted by molar-refractivity contribution is 5.38. The number of alkyl halides is 4. The fourth-order valence-electron chi connectivity index (χ4n) is 1.38. The van der Waals surface area contributed by atoms with Crippen LogP contribution in [0.25, 0.3) is 0 Å². The molecule has 0 radical (unpaired) electrons. The number of hydrogen-bond donors (Lipinski definition) is 0. The zero-order chi connectivity index (χ0) is 12.2. The van der Waals surface area contributed by atoms with Crippen molar-refractivity contribution in [2.24, 2.45) is 0 Å². The molecule has 90 valence electrons. The van der Waals surface area contributed by atoms with Crippen LogP contribution in [0.15, 0.2) is 18.2 Å². The van der Waals surface area contributed by atoms with E-state index in [1.165, 1.54) is 13.2 Å². The molecule has 0 bridgehead atoms. The van der Waals surface area contributed by atoms with Crippen LogP contribution in [0.4, 0.5) is 17.6 Å². The second-order valence-electron chi connectivity index (χ2n) is 3.32. The summed E-state index contributed by atoms with van der Waals surface area (Å²) in [5.41, 5.74) is -0.165. The van der Waals surface area contributed by atoms with E-state index in [4.69, 9.17) is 4.74 Å². The summed E-state index contributed by atoms with van der Waals surface area (Å²) in [4.78, 5) is 0. The van der Waals surface area contributed by atoms with Crippen molar-refractivity contribution >= 4 is 0 Å². The van der Waals surface area contributed by atoms with Crippen molar-refractivity contribution in [2.45, 2.75) is 19.0 Å². The summed E-state index contributed by atoms with van der Waals surface area (Å²) >= 11 is 0. The summed E-state index contributed by atoms with van der Waals surface area (Å²) in [5.74, 6) is 0.156. The van der Waals surface area contributed by atoms with Crippen molar-refractivity contribution in [3.05, 3.63) is 29.3 Å². The van der Waals surface area contributed by atoms with Crippen molar-refractivity contribution < 1.29 is 22.3 Å². The summed E-state index contributed by atoms with van der Waals surface area (Å²) < 4.78 is 53.9. The Bertz CT molecular complexity index is 346. The zero-order valence-corrected chi connectivity index (χ0v) is 8.77. The van der Waals surface area contributed by atoms with Crippen molar-refractivity contribution in [1.29, 1.82) is 0 Å². The van der Waals surface area contributed by atoms with Gasteiger partial charge in [0.25, 0.3) is 0 Å². The summed E-state index contributed by atoms with van der Waals surface area (Å²) in [6, 6.07) is 3.25. The van der Waals surface area contributed by atoms with E-state index in [1.807, 2.05) is 0 Å². The maximum atomic E-state index is 12.4. The van der Waals surface area contributed by atoms with Gasteiger partial charge in [0.15, 0.2) is 0 Å². The second-order valence-corrected chi connectivity index (χ2v) is 3.32. The van der Waals surface area contributed by atoms with Crippen LogP contribution in [0.2, 0.25) is 0 Å². The van der Waals surface area contributed by atoms with Gasteiger partial charge in [-0.3, -0.25) is 4.39 Å². The monoisotopic (exact) mass is 236 g/mol. The van der Waals surface area contributed by atoms with Gasteiger partial charge < -0.3 is 4.74 Å². The first-order chi connectivity index (χ1) is 7.49. The maximum Gasteiger partial charge on any atom is 0.416 e. The molecule has 0 heterocycles. The van der Waals surface area contributed by atoms with Crippen LogP contribution in [0, 0.1) is 0 Å². The molecule has 0 unspecified atom stereocenters. The van der Waals surface area contributed by atoms with E-state index in [0.29, 0.717) is 12.0 Å². The Hall–Kier alpha value is -1.26. The minimum Gasteiger partial charge on any atom is -0.496 e. The number of halogens is 4. The molecule has 0 aliphatic rings. The van der Waals surface area contributed by atoms with Crippen LogP contribution >= 0.6 is 0 Å². The normalized spacial score (nSPS) is 11.6. The lowest BCUT2D eigenvalue weighted by Crippen LogP contribution is -2.06. The van der Waals surface area contributed by atoms with Gasteiger partial charge in [0, 0.05) is 0 Å². The van der Waals surface area contributed by atoms with Crippen molar-refractivity contribution in [3.8, 4) is 5.75 Å². The number of benzene rings is 1. The molecular formula is C11H12F4O. The predicted molar refractivity (Wildman–Crippen MR) is 52.3 cm³/mol. The van der Waals surface area contributed by atoms with Crippen LogP contribution < -0.4 is 4.74 Å². The molecule has 0 atom stereocenters. The number of ether oxygens (including phenoxy) is 1. The molecule has 0 aliphatic heterocycles. The quantitative estimate of drug-likeness (QED) is 0.725. The van der Waals surface area contributed by atoms with Gasteiger partial charge in [-0.2, -0.15) is 13.2 Å². The minimum absolute atomic E-state index is 0.156. The first-order valence-corrected chi connectivity index (χ1v) is 4.79. The first-order valence-electron chi connectivity index (χ1n) is 4.79. The van der Waals surface area contributed by atoms with Gasteiger partial charge in [0.05, 0.1) is 19.3 Å². The molecule has 0 amide bonds. The maximum absolute atomic E-state index is 12.4. The molecule has 0 fully saturated rings. The van der Waals surface area contributed by atoms with E-state index in [1.54, 1.807) is 0 Å². The highest BCUT2D eigenvalue weighted by atomic mass is 19.4. The summed E-state index contributed by atoms with van der Waals surface area (Å²) in [6.45, 7) is -0.496. The molecule has 0 spiro atoms. The third kappa shape index (κ3) is 3.12. The van der Waals surface area contributed by atoms with Gasteiger partial charge >= 0.3 is 6.18 Å². The van der Waals surface area contributed by atoms with Gasteiger partial charge in [0.1, 0.15) is 5.75 Å². The molecule has 1 nitrogen and oxygen atoms in total. The number of methoxy groups -OCH3 is 1. The SMILES string of the molecule is COc1cc(C(F)(F)F)ccc1CCCF. The number of hydrogen-bond acceptors (Lipinski definition) is 1. The lowest BCUT2D eigenvalue weighted by Gasteiger charge is -2.12. The van der Waals surface area contributed by atoms with Crippen molar-refractivity contribution in [2.75, 3.05) is 13.8 Å². The third-order valence-electron chi connectivity index (χ3n) is 2.19. The van der Waals surface area contributed by atoms with Gasteiger partial charge in [-0.1, -0.05) is 6.07 Å². The topological polar surface area (TPSA) is 9.23 Å². The van der Waals surface area contributed by atoms with E-state index < -0.39 is 18.4 Å². The highest BCUT2D eigenvalue weighted by Crippen LogP contribution is 2.33. The smallest absolute Gasteiger partial charge is 0.416 e. The van der Waals surface area contributed by atoms with Gasteiger partial charge in [-0.15, -0.1) is 0 Å². The third-order valence-corrected chi connectivity index (χ3v) is 2.19. The van der Waals surface area contributed by atoms with E-state index >= 15 is 0 Å². The molecule has 0 aromatic heterocycles. The average molecular weight is 236 g/mol. The Morgan fingerprint density at radius 2 is 1.94 bits per heavy atom. The van der Waals surface area contributed by atoms with E-state index in [9.17, 15) is 17.6 Å². The van der Waals surface area contributed by atoms with Gasteiger partial charge in [-0.25, -0.2) is 0 Å². The molecule has 0 saturated carbocycles. The number of rotatable bonds is 4. The van der Waals surface area contributed by atoms with E-state index in [2.05, 4.69) is 0 Å². The average Bonchev–Trinajstić information content (AvgIpc) is 2.24. The molecule has 5 heteroatoms. The summed E-state index contributed by atoms with van der Waals surface area (Å²) in [5, 5.41) is 0. The van der Waals surface area contributed by atoms with Crippen LogP contribution in [-0.2, 0) is 12.6 Å². The summed E-state index contributed by atoms with van der Waals surface area (Å²) in [7, 11) is 1.30. The van der Waals surface area contributed by atoms with Crippen LogP contribution in [0.3, 0.4) is 0 Å². The Balaban J connectivity index is 2.97. The Kier molecular flexibility index (Phi) is 4.15. The van der Waals surface area contributed by atoms with Crippen molar-refractivity contribution in [3.63, 3.8) is 0 Å². The van der Waals surface area contributed by atoms with Gasteiger partial charge in [-0.05, 0) is 30.5 Å². The molecule has 1 rings (SSSR count). The lowest BCUT2D eigenvalue weighted by atomic mass is 10.1. The van der Waals surface area contributed by atoms with E-state index in [-0.39, 0.29) is 12.2 Å². The fourth-order valence-corrected chi connectivity index (χ4v) is 1.38. The predicted octanol–water partition coefficient (Wildman–Crippen LogP) is 3.62. The minimum atomic E-state index is -4.38. The first kappa shape index (κ1) is 12.8. The standard InChI is InChI=1S/C11H12F4O/c1-16-10-7-9(11(13,14)15)5-4-8(10)3-2-6-12/h4-5,7H,2-3,6H2,1H3. The lowest BCUT2D eigenvalue weighted by molar-refractivity contribution is -0.137. The van der Waals surface area contributed by atoms with Gasteiger partial charge in [0.2, 0.25) is 0 Å². The summed E-state index contributed by atoms with van der Waals surface area (Å²) in [6.07, 6.45) is -3.73. The van der Waals surface area contributed by atoms with Crippen molar-refractivity contribution in [1.82, 2.24) is 0 Å². The molecular weight excluding hydrogens is 224 g/mol. The highest BCUT2D eigenvalue weighted by Gasteiger charge is 2.31.